The van der Waals surface area contributed by atoms with Crippen LogP contribution in [0.25, 0.3) is 0 Å². The second-order valence-electron chi connectivity index (χ2n) is 4.95. The summed E-state index contributed by atoms with van der Waals surface area (Å²) >= 11 is 0. The summed E-state index contributed by atoms with van der Waals surface area (Å²) in [5, 5.41) is 4.52. The lowest BCUT2D eigenvalue weighted by molar-refractivity contribution is 0.169. The Balaban J connectivity index is 2.06. The van der Waals surface area contributed by atoms with Crippen molar-refractivity contribution in [2.45, 2.75) is 46.1 Å². The van der Waals surface area contributed by atoms with Crippen LogP contribution in [0, 0.1) is 13.8 Å². The molecule has 1 aliphatic heterocycles. The minimum absolute atomic E-state index is 0.592. The number of likely N-dealkylation sites (tertiary alicyclic amines) is 1. The van der Waals surface area contributed by atoms with Crippen molar-refractivity contribution >= 4 is 0 Å². The average molecular weight is 221 g/mol. The number of aryl methyl sites for hydroxylation is 1. The molecule has 1 fully saturated rings. The second-order valence-corrected chi connectivity index (χ2v) is 4.95. The fourth-order valence-corrected chi connectivity index (χ4v) is 2.63. The third-order valence-corrected chi connectivity index (χ3v) is 3.66. The molecule has 0 amide bonds. The van der Waals surface area contributed by atoms with Crippen LogP contribution in [0.5, 0.6) is 0 Å². The normalized spacial score (nSPS) is 22.6. The lowest BCUT2D eigenvalue weighted by Gasteiger charge is -2.33. The van der Waals surface area contributed by atoms with Crippen molar-refractivity contribution in [3.63, 3.8) is 0 Å². The van der Waals surface area contributed by atoms with Crippen molar-refractivity contribution in [3.8, 4) is 0 Å². The first-order valence-corrected chi connectivity index (χ1v) is 6.45. The third kappa shape index (κ3) is 2.29. The van der Waals surface area contributed by atoms with E-state index in [0.717, 1.165) is 0 Å². The molecular formula is C13H23N3. The molecule has 3 heteroatoms. The van der Waals surface area contributed by atoms with E-state index in [9.17, 15) is 0 Å². The van der Waals surface area contributed by atoms with Crippen LogP contribution in [-0.2, 0) is 0 Å². The fourth-order valence-electron chi connectivity index (χ4n) is 2.63. The van der Waals surface area contributed by atoms with E-state index in [1.807, 2.05) is 6.20 Å². The Morgan fingerprint density at radius 3 is 2.88 bits per heavy atom. The quantitative estimate of drug-likeness (QED) is 0.782. The van der Waals surface area contributed by atoms with Crippen LogP contribution in [0.15, 0.2) is 6.20 Å². The van der Waals surface area contributed by atoms with Crippen LogP contribution >= 0.6 is 0 Å². The van der Waals surface area contributed by atoms with Gasteiger partial charge in [-0.05, 0) is 51.8 Å². The van der Waals surface area contributed by atoms with E-state index in [4.69, 9.17) is 0 Å². The van der Waals surface area contributed by atoms with E-state index in [2.05, 4.69) is 35.5 Å². The van der Waals surface area contributed by atoms with Crippen LogP contribution < -0.4 is 0 Å². The van der Waals surface area contributed by atoms with E-state index < -0.39 is 0 Å². The molecule has 0 saturated carbocycles. The molecule has 1 saturated heterocycles. The maximum absolute atomic E-state index is 4.52. The molecule has 0 spiro atoms. The van der Waals surface area contributed by atoms with E-state index >= 15 is 0 Å². The first-order valence-electron chi connectivity index (χ1n) is 6.45. The molecule has 1 aliphatic rings. The summed E-state index contributed by atoms with van der Waals surface area (Å²) in [5.41, 5.74) is 2.65. The highest BCUT2D eigenvalue weighted by atomic mass is 15.3. The van der Waals surface area contributed by atoms with Crippen molar-refractivity contribution < 1.29 is 0 Å². The first kappa shape index (κ1) is 11.6. The predicted molar refractivity (Wildman–Crippen MR) is 66.7 cm³/mol. The molecule has 1 unspecified atom stereocenters. The summed E-state index contributed by atoms with van der Waals surface area (Å²) in [6, 6.07) is 0.592. The highest BCUT2D eigenvalue weighted by Gasteiger charge is 2.22. The van der Waals surface area contributed by atoms with Crippen LogP contribution in [0.4, 0.5) is 0 Å². The van der Waals surface area contributed by atoms with Gasteiger partial charge in [-0.25, -0.2) is 0 Å². The third-order valence-electron chi connectivity index (χ3n) is 3.66. The van der Waals surface area contributed by atoms with Gasteiger partial charge in [0.2, 0.25) is 0 Å². The zero-order valence-electron chi connectivity index (χ0n) is 10.7. The van der Waals surface area contributed by atoms with Gasteiger partial charge in [0.1, 0.15) is 0 Å². The number of piperidine rings is 1. The van der Waals surface area contributed by atoms with E-state index in [0.29, 0.717) is 6.04 Å². The molecule has 2 rings (SSSR count). The molecule has 0 bridgehead atoms. The highest BCUT2D eigenvalue weighted by molar-refractivity contribution is 5.14. The Labute approximate surface area is 98.4 Å². The molecule has 0 radical (unpaired) electrons. The molecule has 0 aliphatic carbocycles. The Morgan fingerprint density at radius 1 is 1.44 bits per heavy atom. The fraction of sp³-hybridized carbons (Fsp3) is 0.769. The van der Waals surface area contributed by atoms with Crippen molar-refractivity contribution in [3.05, 3.63) is 17.5 Å². The summed E-state index contributed by atoms with van der Waals surface area (Å²) in [6.07, 6.45) is 5.84. The van der Waals surface area contributed by atoms with Gasteiger partial charge < -0.3 is 4.90 Å². The maximum atomic E-state index is 4.52. The van der Waals surface area contributed by atoms with Gasteiger partial charge in [-0.3, -0.25) is 4.68 Å². The highest BCUT2D eigenvalue weighted by Crippen LogP contribution is 2.23. The molecule has 3 nitrogen and oxygen atoms in total. The molecule has 1 aromatic heterocycles. The van der Waals surface area contributed by atoms with Gasteiger partial charge in [-0.1, -0.05) is 6.92 Å². The number of aromatic nitrogens is 2. The Kier molecular flexibility index (Phi) is 3.64. The molecule has 16 heavy (non-hydrogen) atoms. The summed E-state index contributed by atoms with van der Waals surface area (Å²) < 4.78 is 2.23. The van der Waals surface area contributed by atoms with Crippen molar-refractivity contribution in [2.75, 3.05) is 19.6 Å². The molecule has 90 valence electrons. The second kappa shape index (κ2) is 5.00. The van der Waals surface area contributed by atoms with Crippen molar-refractivity contribution in [2.24, 2.45) is 0 Å². The van der Waals surface area contributed by atoms with Crippen molar-refractivity contribution in [1.29, 1.82) is 0 Å². The number of hydrogen-bond donors (Lipinski definition) is 0. The minimum atomic E-state index is 0.592. The molecule has 1 atom stereocenters. The summed E-state index contributed by atoms with van der Waals surface area (Å²) in [6.45, 7) is 10.3. The topological polar surface area (TPSA) is 21.1 Å². The number of rotatable bonds is 3. The van der Waals surface area contributed by atoms with E-state index in [1.54, 1.807) is 0 Å². The smallest absolute Gasteiger partial charge is 0.0649 e. The van der Waals surface area contributed by atoms with Crippen molar-refractivity contribution in [1.82, 2.24) is 14.7 Å². The van der Waals surface area contributed by atoms with Crippen LogP contribution in [0.3, 0.4) is 0 Å². The zero-order chi connectivity index (χ0) is 11.5. The summed E-state index contributed by atoms with van der Waals surface area (Å²) in [7, 11) is 0. The standard InChI is InChI=1S/C13H23N3/c1-4-7-15-8-5-6-13(10-15)16-12(3)11(2)9-14-16/h9,13H,4-8,10H2,1-3H3. The monoisotopic (exact) mass is 221 g/mol. The summed E-state index contributed by atoms with van der Waals surface area (Å²) in [5.74, 6) is 0. The van der Waals surface area contributed by atoms with Crippen LogP contribution in [0.2, 0.25) is 0 Å². The molecular weight excluding hydrogens is 198 g/mol. The first-order chi connectivity index (χ1) is 7.72. The lowest BCUT2D eigenvalue weighted by Crippen LogP contribution is -2.37. The van der Waals surface area contributed by atoms with Gasteiger partial charge in [-0.15, -0.1) is 0 Å². The van der Waals surface area contributed by atoms with Gasteiger partial charge >= 0.3 is 0 Å². The minimum Gasteiger partial charge on any atom is -0.301 e. The Hall–Kier alpha value is -0.830. The maximum Gasteiger partial charge on any atom is 0.0649 e. The largest absolute Gasteiger partial charge is 0.301 e. The zero-order valence-corrected chi connectivity index (χ0v) is 10.7. The van der Waals surface area contributed by atoms with Crippen LogP contribution in [0.1, 0.15) is 43.5 Å². The van der Waals surface area contributed by atoms with Gasteiger partial charge in [0, 0.05) is 12.2 Å². The Morgan fingerprint density at radius 2 is 2.25 bits per heavy atom. The predicted octanol–water partition coefficient (Wildman–Crippen LogP) is 2.55. The van der Waals surface area contributed by atoms with E-state index in [-0.39, 0.29) is 0 Å². The van der Waals surface area contributed by atoms with Gasteiger partial charge in [0.05, 0.1) is 12.2 Å². The molecule has 1 aromatic rings. The number of hydrogen-bond acceptors (Lipinski definition) is 2. The summed E-state index contributed by atoms with van der Waals surface area (Å²) in [4.78, 5) is 2.57. The SMILES string of the molecule is CCCN1CCCC(n2ncc(C)c2C)C1. The van der Waals surface area contributed by atoms with Gasteiger partial charge in [0.25, 0.3) is 0 Å². The van der Waals surface area contributed by atoms with E-state index in [1.165, 1.54) is 50.2 Å². The Bertz CT molecular complexity index is 341. The van der Waals surface area contributed by atoms with Gasteiger partial charge in [-0.2, -0.15) is 5.10 Å². The molecule has 0 aromatic carbocycles. The van der Waals surface area contributed by atoms with Gasteiger partial charge in [0.15, 0.2) is 0 Å². The molecule has 2 heterocycles. The lowest BCUT2D eigenvalue weighted by atomic mass is 10.1. The molecule has 0 N–H and O–H groups in total. The number of nitrogens with zero attached hydrogens (tertiary/aromatic N) is 3. The average Bonchev–Trinajstić information content (AvgIpc) is 2.61. The van der Waals surface area contributed by atoms with Crippen LogP contribution in [-0.4, -0.2) is 34.3 Å².